The van der Waals surface area contributed by atoms with Crippen LogP contribution in [0.15, 0.2) is 35.4 Å². The van der Waals surface area contributed by atoms with Crippen molar-refractivity contribution >= 4 is 27.4 Å². The van der Waals surface area contributed by atoms with Gasteiger partial charge in [-0.2, -0.15) is 5.10 Å². The van der Waals surface area contributed by atoms with Crippen molar-refractivity contribution < 1.29 is 13.2 Å². The van der Waals surface area contributed by atoms with Gasteiger partial charge in [0.05, 0.1) is 10.5 Å². The molecule has 9 heteroatoms. The Hall–Kier alpha value is -2.39. The van der Waals surface area contributed by atoms with Gasteiger partial charge in [-0.3, -0.25) is 9.48 Å². The fourth-order valence-electron chi connectivity index (χ4n) is 2.97. The molecule has 1 aliphatic rings. The molecule has 0 atom stereocenters. The summed E-state index contributed by atoms with van der Waals surface area (Å²) in [6.07, 6.45) is 3.84. The van der Waals surface area contributed by atoms with Crippen molar-refractivity contribution in [2.45, 2.75) is 17.7 Å². The minimum absolute atomic E-state index is 0.0941. The minimum Gasteiger partial charge on any atom is -0.371 e. The molecular weight excluding hydrogens is 354 g/mol. The van der Waals surface area contributed by atoms with E-state index in [0.29, 0.717) is 11.4 Å². The zero-order valence-corrected chi connectivity index (χ0v) is 16.0. The van der Waals surface area contributed by atoms with Crippen molar-refractivity contribution in [3.8, 4) is 0 Å². The number of carbonyl (C=O) groups excluding carboxylic acids is 1. The summed E-state index contributed by atoms with van der Waals surface area (Å²) in [5.41, 5.74) is 1.08. The highest BCUT2D eigenvalue weighted by atomic mass is 32.2. The van der Waals surface area contributed by atoms with Gasteiger partial charge in [-0.05, 0) is 31.0 Å². The van der Waals surface area contributed by atoms with E-state index in [1.54, 1.807) is 36.1 Å². The van der Waals surface area contributed by atoms with Crippen molar-refractivity contribution in [3.05, 3.63) is 36.0 Å². The zero-order valence-electron chi connectivity index (χ0n) is 15.1. The van der Waals surface area contributed by atoms with Crippen LogP contribution in [-0.4, -0.2) is 55.6 Å². The molecule has 1 aliphatic heterocycles. The number of sulfonamides is 1. The normalized spacial score (nSPS) is 14.8. The second-order valence-electron chi connectivity index (χ2n) is 6.49. The van der Waals surface area contributed by atoms with Crippen molar-refractivity contribution in [1.82, 2.24) is 14.1 Å². The lowest BCUT2D eigenvalue weighted by atomic mass is 10.1. The van der Waals surface area contributed by atoms with Gasteiger partial charge in [-0.25, -0.2) is 12.7 Å². The molecule has 8 nitrogen and oxygen atoms in total. The van der Waals surface area contributed by atoms with Crippen molar-refractivity contribution in [2.24, 2.45) is 7.05 Å². The van der Waals surface area contributed by atoms with E-state index in [9.17, 15) is 13.2 Å². The van der Waals surface area contributed by atoms with E-state index < -0.39 is 10.0 Å². The van der Waals surface area contributed by atoms with E-state index >= 15 is 0 Å². The number of nitrogens with one attached hydrogen (secondary N) is 1. The molecule has 1 amide bonds. The maximum absolute atomic E-state index is 12.9. The Morgan fingerprint density at radius 2 is 1.88 bits per heavy atom. The lowest BCUT2D eigenvalue weighted by molar-refractivity contribution is 0.102. The summed E-state index contributed by atoms with van der Waals surface area (Å²) < 4.78 is 27.7. The van der Waals surface area contributed by atoms with Crippen molar-refractivity contribution in [1.29, 1.82) is 0 Å². The monoisotopic (exact) mass is 377 g/mol. The number of carbonyl (C=O) groups is 1. The lowest BCUT2D eigenvalue weighted by Gasteiger charge is -2.22. The molecule has 0 bridgehead atoms. The van der Waals surface area contributed by atoms with Crippen molar-refractivity contribution in [3.63, 3.8) is 0 Å². The number of benzene rings is 1. The number of aryl methyl sites for hydroxylation is 1. The molecule has 0 saturated carbocycles. The van der Waals surface area contributed by atoms with E-state index in [-0.39, 0.29) is 10.8 Å². The Bertz CT molecular complexity index is 914. The number of hydrogen-bond acceptors (Lipinski definition) is 5. The van der Waals surface area contributed by atoms with Crippen LogP contribution in [0.5, 0.6) is 0 Å². The second-order valence-corrected chi connectivity index (χ2v) is 8.64. The van der Waals surface area contributed by atoms with Crippen molar-refractivity contribution in [2.75, 3.05) is 37.4 Å². The molecule has 1 aromatic carbocycles. The summed E-state index contributed by atoms with van der Waals surface area (Å²) in [6.45, 7) is 1.70. The number of aromatic nitrogens is 2. The number of nitrogens with zero attached hydrogens (tertiary/aromatic N) is 4. The van der Waals surface area contributed by atoms with Gasteiger partial charge in [-0.15, -0.1) is 0 Å². The SMILES string of the molecule is CN(C)S(=O)(=O)c1ccc(N2CCCC2)c(C(=O)Nc2ccn(C)n2)c1. The molecule has 2 heterocycles. The van der Waals surface area contributed by atoms with E-state index in [1.165, 1.54) is 20.2 Å². The Kier molecular flexibility index (Phi) is 5.01. The molecule has 140 valence electrons. The highest BCUT2D eigenvalue weighted by Gasteiger charge is 2.24. The average Bonchev–Trinajstić information content (AvgIpc) is 3.26. The maximum atomic E-state index is 12.9. The molecule has 0 unspecified atom stereocenters. The third kappa shape index (κ3) is 3.58. The molecule has 2 aromatic rings. The van der Waals surface area contributed by atoms with Crippen LogP contribution in [0.25, 0.3) is 0 Å². The molecule has 1 aromatic heterocycles. The molecule has 26 heavy (non-hydrogen) atoms. The Morgan fingerprint density at radius 3 is 2.46 bits per heavy atom. The van der Waals surface area contributed by atoms with E-state index in [1.807, 2.05) is 0 Å². The van der Waals surface area contributed by atoms with Crippen LogP contribution >= 0.6 is 0 Å². The summed E-state index contributed by atoms with van der Waals surface area (Å²) in [4.78, 5) is 15.1. The molecule has 1 N–H and O–H groups in total. The van der Waals surface area contributed by atoms with Gasteiger partial charge in [0.15, 0.2) is 5.82 Å². The third-order valence-electron chi connectivity index (χ3n) is 4.39. The summed E-state index contributed by atoms with van der Waals surface area (Å²) in [6, 6.07) is 6.41. The third-order valence-corrected chi connectivity index (χ3v) is 6.20. The molecule has 0 spiro atoms. The Labute approximate surface area is 153 Å². The van der Waals surface area contributed by atoms with Gasteiger partial charge < -0.3 is 10.2 Å². The maximum Gasteiger partial charge on any atom is 0.259 e. The van der Waals surface area contributed by atoms with Crippen LogP contribution in [-0.2, 0) is 17.1 Å². The van der Waals surface area contributed by atoms with Crippen LogP contribution in [0.1, 0.15) is 23.2 Å². The molecule has 0 radical (unpaired) electrons. The van der Waals surface area contributed by atoms with E-state index in [2.05, 4.69) is 15.3 Å². The number of rotatable bonds is 5. The number of anilines is 2. The standard InChI is InChI=1S/C17H23N5O3S/c1-20(2)26(24,25)13-6-7-15(22-9-4-5-10-22)14(12-13)17(23)18-16-8-11-21(3)19-16/h6-8,11-12H,4-5,9-10H2,1-3H3,(H,18,19,23). The zero-order chi connectivity index (χ0) is 18.9. The Balaban J connectivity index is 2.01. The van der Waals surface area contributed by atoms with Gasteiger partial charge in [0, 0.05) is 52.2 Å². The average molecular weight is 377 g/mol. The first-order valence-corrected chi connectivity index (χ1v) is 9.85. The highest BCUT2D eigenvalue weighted by Crippen LogP contribution is 2.28. The smallest absolute Gasteiger partial charge is 0.259 e. The molecular formula is C17H23N5O3S. The Morgan fingerprint density at radius 1 is 1.19 bits per heavy atom. The number of hydrogen-bond donors (Lipinski definition) is 1. The molecule has 1 fully saturated rings. The van der Waals surface area contributed by atoms with E-state index in [4.69, 9.17) is 0 Å². The fraction of sp³-hybridized carbons (Fsp3) is 0.412. The predicted octanol–water partition coefficient (Wildman–Crippen LogP) is 1.52. The molecule has 3 rings (SSSR count). The second kappa shape index (κ2) is 7.08. The van der Waals surface area contributed by atoms with Crippen LogP contribution < -0.4 is 10.2 Å². The summed E-state index contributed by atoms with van der Waals surface area (Å²) in [5, 5.41) is 6.89. The first-order valence-electron chi connectivity index (χ1n) is 8.41. The largest absolute Gasteiger partial charge is 0.371 e. The van der Waals surface area contributed by atoms with Gasteiger partial charge in [-0.1, -0.05) is 0 Å². The summed E-state index contributed by atoms with van der Waals surface area (Å²) in [7, 11) is 1.07. The van der Waals surface area contributed by atoms with E-state index in [0.717, 1.165) is 35.9 Å². The first kappa shape index (κ1) is 18.4. The van der Waals surface area contributed by atoms with Crippen LogP contribution in [0.2, 0.25) is 0 Å². The summed E-state index contributed by atoms with van der Waals surface area (Å²) in [5.74, 6) is 0.0483. The predicted molar refractivity (Wildman–Crippen MR) is 99.9 cm³/mol. The quantitative estimate of drug-likeness (QED) is 0.854. The van der Waals surface area contributed by atoms with Gasteiger partial charge in [0.1, 0.15) is 0 Å². The number of amides is 1. The van der Waals surface area contributed by atoms with Crippen LogP contribution in [0, 0.1) is 0 Å². The van der Waals surface area contributed by atoms with Gasteiger partial charge >= 0.3 is 0 Å². The molecule has 0 aliphatic carbocycles. The fourth-order valence-corrected chi connectivity index (χ4v) is 3.90. The van der Waals surface area contributed by atoms with Gasteiger partial charge in [0.2, 0.25) is 10.0 Å². The van der Waals surface area contributed by atoms with Gasteiger partial charge in [0.25, 0.3) is 5.91 Å². The highest BCUT2D eigenvalue weighted by molar-refractivity contribution is 7.89. The minimum atomic E-state index is -3.63. The van der Waals surface area contributed by atoms with Crippen LogP contribution in [0.4, 0.5) is 11.5 Å². The summed E-state index contributed by atoms with van der Waals surface area (Å²) >= 11 is 0. The molecule has 1 saturated heterocycles. The lowest BCUT2D eigenvalue weighted by Crippen LogP contribution is -2.25. The topological polar surface area (TPSA) is 87.5 Å². The first-order chi connectivity index (χ1) is 12.3. The van der Waals surface area contributed by atoms with Crippen LogP contribution in [0.3, 0.4) is 0 Å².